The molecule has 21 heavy (non-hydrogen) atoms. The summed E-state index contributed by atoms with van der Waals surface area (Å²) in [4.78, 5) is 10.3. The summed E-state index contributed by atoms with van der Waals surface area (Å²) >= 11 is 3.39. The fourth-order valence-corrected chi connectivity index (χ4v) is 2.72. The van der Waals surface area contributed by atoms with E-state index in [9.17, 15) is 10.1 Å². The minimum Gasteiger partial charge on any atom is -0.350 e. The molecule has 5 nitrogen and oxygen atoms in total. The zero-order chi connectivity index (χ0) is 15.4. The summed E-state index contributed by atoms with van der Waals surface area (Å²) < 4.78 is 2.78. The number of nitro groups is 1. The maximum absolute atomic E-state index is 10.7. The van der Waals surface area contributed by atoms with Crippen LogP contribution in [0, 0.1) is 10.1 Å². The smallest absolute Gasteiger partial charge is 0.270 e. The number of non-ortho nitro benzene ring substituents is 1. The fraction of sp³-hybridized carbons (Fsp3) is 0.333. The molecular formula is C15H18BrN3O2. The molecule has 0 bridgehead atoms. The van der Waals surface area contributed by atoms with Crippen LogP contribution in [-0.4, -0.2) is 9.49 Å². The van der Waals surface area contributed by atoms with Gasteiger partial charge in [0.05, 0.1) is 4.92 Å². The molecule has 0 aliphatic rings. The molecule has 2 rings (SSSR count). The van der Waals surface area contributed by atoms with Gasteiger partial charge in [-0.3, -0.25) is 10.1 Å². The lowest BCUT2D eigenvalue weighted by molar-refractivity contribution is -0.384. The van der Waals surface area contributed by atoms with Crippen LogP contribution in [0.25, 0.3) is 0 Å². The van der Waals surface area contributed by atoms with Crippen LogP contribution in [0.4, 0.5) is 5.69 Å². The zero-order valence-corrected chi connectivity index (χ0v) is 13.4. The van der Waals surface area contributed by atoms with Crippen molar-refractivity contribution in [3.8, 4) is 0 Å². The van der Waals surface area contributed by atoms with E-state index in [2.05, 4.69) is 22.9 Å². The summed E-state index contributed by atoms with van der Waals surface area (Å²) in [6, 6.07) is 6.92. The lowest BCUT2D eigenvalue weighted by Gasteiger charge is -2.08. The number of hydrogen-bond donors (Lipinski definition) is 1. The van der Waals surface area contributed by atoms with E-state index in [0.717, 1.165) is 28.4 Å². The monoisotopic (exact) mass is 351 g/mol. The largest absolute Gasteiger partial charge is 0.350 e. The maximum Gasteiger partial charge on any atom is 0.270 e. The van der Waals surface area contributed by atoms with Gasteiger partial charge in [-0.2, -0.15) is 0 Å². The predicted octanol–water partition coefficient (Wildman–Crippen LogP) is 4.01. The third-order valence-corrected chi connectivity index (χ3v) is 4.14. The topological polar surface area (TPSA) is 74.1 Å². The lowest BCUT2D eigenvalue weighted by Crippen LogP contribution is -2.08. The van der Waals surface area contributed by atoms with Crippen molar-refractivity contribution in [1.82, 2.24) is 4.57 Å². The quantitative estimate of drug-likeness (QED) is 0.631. The minimum absolute atomic E-state index is 0.0663. The van der Waals surface area contributed by atoms with Crippen LogP contribution in [0.1, 0.15) is 36.9 Å². The summed E-state index contributed by atoms with van der Waals surface area (Å²) in [6.07, 6.45) is 6.04. The van der Waals surface area contributed by atoms with Crippen LogP contribution in [0.15, 0.2) is 41.1 Å². The SMILES string of the molecule is CCCC(N)c1ccn(Cc2ccc([N+](=O)[O-])cc2Br)c1. The van der Waals surface area contributed by atoms with Gasteiger partial charge in [0.2, 0.25) is 0 Å². The van der Waals surface area contributed by atoms with Crippen molar-refractivity contribution >= 4 is 21.6 Å². The van der Waals surface area contributed by atoms with E-state index < -0.39 is 4.92 Å². The van der Waals surface area contributed by atoms with Gasteiger partial charge in [-0.15, -0.1) is 0 Å². The van der Waals surface area contributed by atoms with E-state index in [1.165, 1.54) is 12.1 Å². The number of aromatic nitrogens is 1. The molecule has 0 fully saturated rings. The molecule has 2 N–H and O–H groups in total. The molecule has 1 aromatic heterocycles. The summed E-state index contributed by atoms with van der Waals surface area (Å²) in [6.45, 7) is 2.77. The van der Waals surface area contributed by atoms with Crippen molar-refractivity contribution < 1.29 is 4.92 Å². The Morgan fingerprint density at radius 1 is 1.43 bits per heavy atom. The van der Waals surface area contributed by atoms with E-state index in [0.29, 0.717) is 6.54 Å². The first kappa shape index (κ1) is 15.7. The molecule has 0 radical (unpaired) electrons. The molecule has 112 valence electrons. The van der Waals surface area contributed by atoms with Gasteiger partial charge in [0.15, 0.2) is 0 Å². The van der Waals surface area contributed by atoms with Crippen molar-refractivity contribution in [3.05, 3.63) is 62.4 Å². The number of rotatable bonds is 6. The summed E-state index contributed by atoms with van der Waals surface area (Å²) in [5.41, 5.74) is 8.30. The molecular weight excluding hydrogens is 334 g/mol. The van der Waals surface area contributed by atoms with Crippen molar-refractivity contribution in [2.24, 2.45) is 5.73 Å². The second kappa shape index (κ2) is 6.87. The van der Waals surface area contributed by atoms with Gasteiger partial charge in [0, 0.05) is 41.6 Å². The van der Waals surface area contributed by atoms with E-state index in [4.69, 9.17) is 5.73 Å². The Bertz CT molecular complexity index is 640. The van der Waals surface area contributed by atoms with Crippen LogP contribution >= 0.6 is 15.9 Å². The van der Waals surface area contributed by atoms with Crippen molar-refractivity contribution in [3.63, 3.8) is 0 Å². The van der Waals surface area contributed by atoms with Gasteiger partial charge in [0.1, 0.15) is 0 Å². The average molecular weight is 352 g/mol. The molecule has 1 aromatic carbocycles. The number of nitro benzene ring substituents is 1. The van der Waals surface area contributed by atoms with E-state index in [1.807, 2.05) is 23.0 Å². The molecule has 6 heteroatoms. The Morgan fingerprint density at radius 3 is 2.81 bits per heavy atom. The number of benzene rings is 1. The van der Waals surface area contributed by atoms with Gasteiger partial charge in [0.25, 0.3) is 5.69 Å². The van der Waals surface area contributed by atoms with Crippen LogP contribution in [0.3, 0.4) is 0 Å². The van der Waals surface area contributed by atoms with Crippen LogP contribution in [-0.2, 0) is 6.54 Å². The molecule has 0 spiro atoms. The highest BCUT2D eigenvalue weighted by Gasteiger charge is 2.11. The fourth-order valence-electron chi connectivity index (χ4n) is 2.23. The summed E-state index contributed by atoms with van der Waals surface area (Å²) in [7, 11) is 0. The zero-order valence-electron chi connectivity index (χ0n) is 11.8. The Kier molecular flexibility index (Phi) is 5.14. The molecule has 1 unspecified atom stereocenters. The first-order chi connectivity index (χ1) is 10.0. The molecule has 0 aliphatic carbocycles. The van der Waals surface area contributed by atoms with Gasteiger partial charge in [-0.1, -0.05) is 29.3 Å². The number of nitrogens with two attached hydrogens (primary N) is 1. The molecule has 0 saturated carbocycles. The molecule has 0 aliphatic heterocycles. The van der Waals surface area contributed by atoms with Crippen molar-refractivity contribution in [1.29, 1.82) is 0 Å². The standard InChI is InChI=1S/C15H18BrN3O2/c1-2-3-15(17)12-6-7-18(10-12)9-11-4-5-13(19(20)21)8-14(11)16/h4-8,10,15H,2-3,9,17H2,1H3. The normalized spacial score (nSPS) is 12.3. The Hall–Kier alpha value is -1.66. The number of nitrogens with zero attached hydrogens (tertiary/aromatic N) is 2. The highest BCUT2D eigenvalue weighted by molar-refractivity contribution is 9.10. The predicted molar refractivity (Wildman–Crippen MR) is 86.2 cm³/mol. The van der Waals surface area contributed by atoms with E-state index >= 15 is 0 Å². The highest BCUT2D eigenvalue weighted by Crippen LogP contribution is 2.24. The van der Waals surface area contributed by atoms with E-state index in [1.54, 1.807) is 6.07 Å². The van der Waals surface area contributed by atoms with Crippen molar-refractivity contribution in [2.45, 2.75) is 32.4 Å². The minimum atomic E-state index is -0.397. The molecule has 0 amide bonds. The summed E-state index contributed by atoms with van der Waals surface area (Å²) in [5.74, 6) is 0. The van der Waals surface area contributed by atoms with Gasteiger partial charge >= 0.3 is 0 Å². The molecule has 2 aromatic rings. The summed E-state index contributed by atoms with van der Waals surface area (Å²) in [5, 5.41) is 10.7. The van der Waals surface area contributed by atoms with E-state index in [-0.39, 0.29) is 11.7 Å². The number of hydrogen-bond acceptors (Lipinski definition) is 3. The maximum atomic E-state index is 10.7. The Labute approximate surface area is 132 Å². The molecule has 1 atom stereocenters. The number of halogens is 1. The van der Waals surface area contributed by atoms with Crippen LogP contribution in [0.5, 0.6) is 0 Å². The first-order valence-corrected chi connectivity index (χ1v) is 7.64. The second-order valence-corrected chi connectivity index (χ2v) is 5.90. The Morgan fingerprint density at radius 2 is 2.19 bits per heavy atom. The third-order valence-electron chi connectivity index (χ3n) is 3.40. The Balaban J connectivity index is 2.13. The molecule has 0 saturated heterocycles. The van der Waals surface area contributed by atoms with Crippen LogP contribution in [0.2, 0.25) is 0 Å². The third kappa shape index (κ3) is 3.92. The van der Waals surface area contributed by atoms with Gasteiger partial charge < -0.3 is 10.3 Å². The second-order valence-electron chi connectivity index (χ2n) is 5.05. The van der Waals surface area contributed by atoms with Gasteiger partial charge in [-0.05, 0) is 29.7 Å². The molecule has 1 heterocycles. The highest BCUT2D eigenvalue weighted by atomic mass is 79.9. The van der Waals surface area contributed by atoms with Crippen LogP contribution < -0.4 is 5.73 Å². The van der Waals surface area contributed by atoms with Crippen molar-refractivity contribution in [2.75, 3.05) is 0 Å². The first-order valence-electron chi connectivity index (χ1n) is 6.85. The van der Waals surface area contributed by atoms with Gasteiger partial charge in [-0.25, -0.2) is 0 Å². The lowest BCUT2D eigenvalue weighted by atomic mass is 10.1. The average Bonchev–Trinajstić information content (AvgIpc) is 2.90.